The van der Waals surface area contributed by atoms with Crippen molar-refractivity contribution >= 4 is 12.9 Å². The van der Waals surface area contributed by atoms with Gasteiger partial charge in [0, 0.05) is 6.92 Å². The third-order valence-electron chi connectivity index (χ3n) is 0.428. The summed E-state index contributed by atoms with van der Waals surface area (Å²) in [5.74, 6) is 0. The van der Waals surface area contributed by atoms with Crippen molar-refractivity contribution in [2.24, 2.45) is 0 Å². The van der Waals surface area contributed by atoms with Crippen molar-refractivity contribution in [3.63, 3.8) is 0 Å². The number of rotatable bonds is 4. The van der Waals surface area contributed by atoms with Crippen LogP contribution in [0.3, 0.4) is 0 Å². The van der Waals surface area contributed by atoms with Gasteiger partial charge in [0.2, 0.25) is 0 Å². The first-order chi connectivity index (χ1) is 3.81. The van der Waals surface area contributed by atoms with Crippen molar-refractivity contribution in [1.29, 1.82) is 0 Å². The standard InChI is InChI=1S/C4H5O4/c1-4(7-2-5)8-3-6/h2-3H,1H3. The van der Waals surface area contributed by atoms with Crippen LogP contribution in [-0.2, 0) is 19.1 Å². The number of carbonyl (C=O) groups is 2. The summed E-state index contributed by atoms with van der Waals surface area (Å²) in [7, 11) is 0. The second-order valence-electron chi connectivity index (χ2n) is 0.920. The molecular formula is C4H5O4. The Balaban J connectivity index is 3.16. The average Bonchev–Trinajstić information content (AvgIpc) is 1.68. The topological polar surface area (TPSA) is 52.6 Å². The van der Waals surface area contributed by atoms with Gasteiger partial charge < -0.3 is 9.47 Å². The van der Waals surface area contributed by atoms with Crippen LogP contribution in [0.5, 0.6) is 0 Å². The summed E-state index contributed by atoms with van der Waals surface area (Å²) in [4.78, 5) is 18.9. The quantitative estimate of drug-likeness (QED) is 0.480. The van der Waals surface area contributed by atoms with Gasteiger partial charge in [0.1, 0.15) is 0 Å². The first-order valence-electron chi connectivity index (χ1n) is 1.85. The summed E-state index contributed by atoms with van der Waals surface area (Å²) in [5.41, 5.74) is 0. The minimum Gasteiger partial charge on any atom is -0.417 e. The Labute approximate surface area is 46.4 Å². The van der Waals surface area contributed by atoms with E-state index in [0.29, 0.717) is 0 Å². The van der Waals surface area contributed by atoms with E-state index in [0.717, 1.165) is 0 Å². The highest BCUT2D eigenvalue weighted by atomic mass is 16.7. The molecule has 0 aromatic rings. The number of ether oxygens (including phenoxy) is 2. The van der Waals surface area contributed by atoms with E-state index >= 15 is 0 Å². The van der Waals surface area contributed by atoms with Crippen LogP contribution in [0.15, 0.2) is 0 Å². The van der Waals surface area contributed by atoms with E-state index in [1.165, 1.54) is 6.92 Å². The van der Waals surface area contributed by atoms with Crippen LogP contribution in [0, 0.1) is 6.29 Å². The highest BCUT2D eigenvalue weighted by Gasteiger charge is 2.00. The second kappa shape index (κ2) is 4.11. The highest BCUT2D eigenvalue weighted by Crippen LogP contribution is 1.95. The maximum absolute atomic E-state index is 9.45. The van der Waals surface area contributed by atoms with Crippen molar-refractivity contribution in [2.75, 3.05) is 0 Å². The maximum atomic E-state index is 9.45. The van der Waals surface area contributed by atoms with Crippen molar-refractivity contribution in [3.05, 3.63) is 6.29 Å². The van der Waals surface area contributed by atoms with Crippen LogP contribution in [0.4, 0.5) is 0 Å². The van der Waals surface area contributed by atoms with E-state index in [1.54, 1.807) is 0 Å². The largest absolute Gasteiger partial charge is 0.417 e. The summed E-state index contributed by atoms with van der Waals surface area (Å²) < 4.78 is 8.13. The van der Waals surface area contributed by atoms with E-state index in [1.807, 2.05) is 0 Å². The fourth-order valence-electron chi connectivity index (χ4n) is 0.163. The smallest absolute Gasteiger partial charge is 0.330 e. The van der Waals surface area contributed by atoms with E-state index < -0.39 is 0 Å². The highest BCUT2D eigenvalue weighted by molar-refractivity contribution is 5.41. The van der Waals surface area contributed by atoms with Gasteiger partial charge in [-0.15, -0.1) is 0 Å². The number of carbonyl (C=O) groups excluding carboxylic acids is 2. The lowest BCUT2D eigenvalue weighted by Gasteiger charge is -2.00. The van der Waals surface area contributed by atoms with Crippen LogP contribution in [-0.4, -0.2) is 12.9 Å². The normalized spacial score (nSPS) is 8.25. The fraction of sp³-hybridized carbons (Fsp3) is 0.250. The summed E-state index contributed by atoms with van der Waals surface area (Å²) in [6.45, 7) is 1.71. The predicted molar refractivity (Wildman–Crippen MR) is 23.2 cm³/mol. The zero-order chi connectivity index (χ0) is 6.41. The monoisotopic (exact) mass is 117 g/mol. The van der Waals surface area contributed by atoms with Gasteiger partial charge in [0.25, 0.3) is 12.9 Å². The molecule has 0 saturated carbocycles. The Morgan fingerprint density at radius 2 is 1.62 bits per heavy atom. The van der Waals surface area contributed by atoms with Gasteiger partial charge in [0.15, 0.2) is 0 Å². The van der Waals surface area contributed by atoms with Gasteiger partial charge in [-0.1, -0.05) is 0 Å². The molecule has 0 saturated heterocycles. The molecule has 0 aromatic heterocycles. The van der Waals surface area contributed by atoms with E-state index in [9.17, 15) is 9.59 Å². The fourth-order valence-corrected chi connectivity index (χ4v) is 0.163. The molecule has 0 aromatic carbocycles. The van der Waals surface area contributed by atoms with Crippen molar-refractivity contribution in [2.45, 2.75) is 6.92 Å². The van der Waals surface area contributed by atoms with Gasteiger partial charge in [0.05, 0.1) is 0 Å². The minimum atomic E-state index is -0.0741. The Hall–Kier alpha value is -1.06. The molecule has 0 atom stereocenters. The zero-order valence-corrected chi connectivity index (χ0v) is 4.29. The second-order valence-corrected chi connectivity index (χ2v) is 0.920. The molecule has 0 spiro atoms. The van der Waals surface area contributed by atoms with Crippen molar-refractivity contribution in [1.82, 2.24) is 0 Å². The molecule has 0 heterocycles. The predicted octanol–water partition coefficient (Wildman–Crippen LogP) is -0.158. The molecule has 0 rings (SSSR count). The molecule has 0 fully saturated rings. The molecule has 0 unspecified atom stereocenters. The molecule has 0 amide bonds. The van der Waals surface area contributed by atoms with Gasteiger partial charge in [-0.05, 0) is 0 Å². The van der Waals surface area contributed by atoms with Crippen molar-refractivity contribution < 1.29 is 19.1 Å². The van der Waals surface area contributed by atoms with Crippen LogP contribution in [0.2, 0.25) is 0 Å². The lowest BCUT2D eigenvalue weighted by molar-refractivity contribution is -0.146. The van der Waals surface area contributed by atoms with E-state index in [-0.39, 0.29) is 19.2 Å². The molecule has 4 nitrogen and oxygen atoms in total. The molecule has 45 valence electrons. The zero-order valence-electron chi connectivity index (χ0n) is 4.29. The van der Waals surface area contributed by atoms with Crippen LogP contribution >= 0.6 is 0 Å². The molecule has 0 aliphatic rings. The lowest BCUT2D eigenvalue weighted by atomic mass is 10.8. The van der Waals surface area contributed by atoms with Gasteiger partial charge in [-0.3, -0.25) is 9.59 Å². The Morgan fingerprint density at radius 3 is 1.88 bits per heavy atom. The summed E-state index contributed by atoms with van der Waals surface area (Å²) >= 11 is 0. The summed E-state index contributed by atoms with van der Waals surface area (Å²) in [6.07, 6.45) is -0.0741. The molecule has 0 N–H and O–H groups in total. The molecule has 0 aliphatic carbocycles. The van der Waals surface area contributed by atoms with Crippen LogP contribution in [0.1, 0.15) is 6.92 Å². The summed E-state index contributed by atoms with van der Waals surface area (Å²) in [6, 6.07) is 0. The molecule has 8 heavy (non-hydrogen) atoms. The first kappa shape index (κ1) is 6.94. The number of hydrogen-bond donors (Lipinski definition) is 0. The molecule has 1 radical (unpaired) electrons. The first-order valence-corrected chi connectivity index (χ1v) is 1.85. The molecule has 4 heteroatoms. The lowest BCUT2D eigenvalue weighted by Crippen LogP contribution is -2.00. The maximum Gasteiger partial charge on any atom is 0.330 e. The third-order valence-corrected chi connectivity index (χ3v) is 0.428. The Morgan fingerprint density at radius 1 is 1.25 bits per heavy atom. The SMILES string of the molecule is C[C](OC=O)OC=O. The van der Waals surface area contributed by atoms with Crippen LogP contribution < -0.4 is 0 Å². The minimum absolute atomic E-state index is 0.0741. The van der Waals surface area contributed by atoms with E-state index in [4.69, 9.17) is 0 Å². The van der Waals surface area contributed by atoms with Gasteiger partial charge >= 0.3 is 6.29 Å². The van der Waals surface area contributed by atoms with Crippen LogP contribution in [0.25, 0.3) is 0 Å². The third kappa shape index (κ3) is 3.14. The Kier molecular flexibility index (Phi) is 3.56. The number of hydrogen-bond acceptors (Lipinski definition) is 4. The van der Waals surface area contributed by atoms with Gasteiger partial charge in [-0.25, -0.2) is 0 Å². The molecular weight excluding hydrogens is 112 g/mol. The van der Waals surface area contributed by atoms with Crippen molar-refractivity contribution in [3.8, 4) is 0 Å². The Bertz CT molecular complexity index is 70.1. The van der Waals surface area contributed by atoms with E-state index in [2.05, 4.69) is 9.47 Å². The molecule has 0 bridgehead atoms. The molecule has 0 aliphatic heterocycles. The van der Waals surface area contributed by atoms with Gasteiger partial charge in [-0.2, -0.15) is 0 Å². The summed E-state index contributed by atoms with van der Waals surface area (Å²) in [5, 5.41) is 0. The average molecular weight is 117 g/mol.